The van der Waals surface area contributed by atoms with Gasteiger partial charge in [-0.3, -0.25) is 0 Å². The summed E-state index contributed by atoms with van der Waals surface area (Å²) in [6, 6.07) is 0. The van der Waals surface area contributed by atoms with E-state index in [1.54, 1.807) is 0 Å². The molecule has 0 saturated carbocycles. The summed E-state index contributed by atoms with van der Waals surface area (Å²) in [7, 11) is 0. The lowest BCUT2D eigenvalue weighted by Crippen LogP contribution is -2.18. The summed E-state index contributed by atoms with van der Waals surface area (Å²) in [4.78, 5) is 18.0. The van der Waals surface area contributed by atoms with Gasteiger partial charge in [0.05, 0.1) is 12.3 Å². The van der Waals surface area contributed by atoms with Crippen LogP contribution in [0.2, 0.25) is 0 Å². The van der Waals surface area contributed by atoms with Crippen LogP contribution < -0.4 is 0 Å². The van der Waals surface area contributed by atoms with Crippen molar-refractivity contribution in [2.45, 2.75) is 12.4 Å². The molecule has 0 amide bonds. The van der Waals surface area contributed by atoms with Crippen LogP contribution in [-0.2, 0) is 19.3 Å². The van der Waals surface area contributed by atoms with Gasteiger partial charge in [0, 0.05) is 6.08 Å². The Labute approximate surface area is 101 Å². The number of esters is 1. The Bertz CT molecular complexity index is 333. The molecule has 0 aliphatic heterocycles. The molecule has 0 aromatic rings. The molecule has 2 unspecified atom stereocenters. The summed E-state index contributed by atoms with van der Waals surface area (Å²) >= 11 is 0. The van der Waals surface area contributed by atoms with Crippen LogP contribution in [0.1, 0.15) is 0 Å². The maximum absolute atomic E-state index is 10.8. The number of hydrogen-bond acceptors (Lipinski definition) is 9. The summed E-state index contributed by atoms with van der Waals surface area (Å²) < 4.78 is 4.26. The third-order valence-electron chi connectivity index (χ3n) is 1.47. The number of hydrogen-bond donors (Lipinski definition) is 5. The normalized spacial score (nSPS) is 15.7. The van der Waals surface area contributed by atoms with Crippen molar-refractivity contribution in [1.29, 1.82) is 0 Å². The van der Waals surface area contributed by atoms with Crippen LogP contribution in [0, 0.1) is 0 Å². The number of aliphatic hydroxyl groups excluding tert-OH is 3. The maximum Gasteiger partial charge on any atom is 0.336 e. The van der Waals surface area contributed by atoms with Crippen molar-refractivity contribution in [3.05, 3.63) is 36.5 Å². The van der Waals surface area contributed by atoms with Crippen molar-refractivity contribution in [2.24, 2.45) is 0 Å². The summed E-state index contributed by atoms with van der Waals surface area (Å²) in [6.45, 7) is 0. The van der Waals surface area contributed by atoms with E-state index in [4.69, 9.17) is 15.6 Å². The second-order valence-electron chi connectivity index (χ2n) is 2.68. The Morgan fingerprint density at radius 1 is 1.22 bits per heavy atom. The first kappa shape index (κ1) is 15.9. The summed E-state index contributed by atoms with van der Waals surface area (Å²) in [5.74, 6) is -1.65. The third kappa shape index (κ3) is 6.50. The molecule has 102 valence electrons. The number of carbonyl (C=O) groups is 1. The van der Waals surface area contributed by atoms with Crippen molar-refractivity contribution in [2.75, 3.05) is 0 Å². The van der Waals surface area contributed by atoms with E-state index < -0.39 is 24.1 Å². The fraction of sp³-hybridized carbons (Fsp3) is 0.222. The molecule has 0 aliphatic carbocycles. The van der Waals surface area contributed by atoms with Crippen molar-refractivity contribution in [3.63, 3.8) is 0 Å². The average molecular weight is 264 g/mol. The van der Waals surface area contributed by atoms with Gasteiger partial charge in [0.1, 0.15) is 12.4 Å². The zero-order valence-corrected chi connectivity index (χ0v) is 8.91. The number of ether oxygens (including phenoxy) is 1. The molecule has 0 bridgehead atoms. The van der Waals surface area contributed by atoms with E-state index in [1.807, 2.05) is 0 Å². The van der Waals surface area contributed by atoms with Gasteiger partial charge < -0.3 is 29.8 Å². The molecule has 9 nitrogen and oxygen atoms in total. The highest BCUT2D eigenvalue weighted by molar-refractivity contribution is 5.81. The minimum absolute atomic E-state index is 0.401. The zero-order valence-electron chi connectivity index (χ0n) is 8.91. The van der Waals surface area contributed by atoms with Crippen molar-refractivity contribution in [3.8, 4) is 0 Å². The SMILES string of the molecule is O=C(/C=C/O)OC(O)/C=C(/OO)C(O)/C=C/OO. The Kier molecular flexibility index (Phi) is 7.98. The average Bonchev–Trinajstić information content (AvgIpc) is 2.33. The number of carbonyl (C=O) groups excluding carboxylic acids is 1. The van der Waals surface area contributed by atoms with Crippen molar-refractivity contribution in [1.82, 2.24) is 0 Å². The lowest BCUT2D eigenvalue weighted by atomic mass is 10.2. The largest absolute Gasteiger partial charge is 0.515 e. The quantitative estimate of drug-likeness (QED) is 0.104. The second-order valence-corrected chi connectivity index (χ2v) is 2.68. The first-order chi connectivity index (χ1) is 8.54. The van der Waals surface area contributed by atoms with Gasteiger partial charge in [-0.2, -0.15) is 0 Å². The molecule has 5 N–H and O–H groups in total. The van der Waals surface area contributed by atoms with Gasteiger partial charge in [0.2, 0.25) is 6.29 Å². The van der Waals surface area contributed by atoms with Gasteiger partial charge in [-0.05, 0) is 6.08 Å². The molecule has 0 saturated heterocycles. The van der Waals surface area contributed by atoms with Crippen LogP contribution in [0.15, 0.2) is 36.5 Å². The summed E-state index contributed by atoms with van der Waals surface area (Å²) in [5.41, 5.74) is 0. The molecule has 2 atom stereocenters. The lowest BCUT2D eigenvalue weighted by Gasteiger charge is -2.10. The number of rotatable bonds is 7. The Hall–Kier alpha value is -2.07. The first-order valence-corrected chi connectivity index (χ1v) is 4.42. The number of aliphatic hydroxyl groups is 3. The summed E-state index contributed by atoms with van der Waals surface area (Å²) in [5, 5.41) is 43.1. The maximum atomic E-state index is 10.8. The zero-order chi connectivity index (χ0) is 14.0. The Balaban J connectivity index is 4.58. The topological polar surface area (TPSA) is 146 Å². The molecule has 0 rings (SSSR count). The minimum Gasteiger partial charge on any atom is -0.515 e. The molecule has 0 aromatic carbocycles. The van der Waals surface area contributed by atoms with Gasteiger partial charge in [-0.1, -0.05) is 0 Å². The Morgan fingerprint density at radius 2 is 1.89 bits per heavy atom. The van der Waals surface area contributed by atoms with E-state index in [1.165, 1.54) is 0 Å². The second kappa shape index (κ2) is 9.01. The van der Waals surface area contributed by atoms with Crippen molar-refractivity contribution >= 4 is 5.97 Å². The molecule has 0 fully saturated rings. The van der Waals surface area contributed by atoms with E-state index in [0.29, 0.717) is 24.7 Å². The van der Waals surface area contributed by atoms with Gasteiger partial charge in [-0.25, -0.2) is 15.3 Å². The fourth-order valence-corrected chi connectivity index (χ4v) is 0.781. The standard InChI is InChI=1S/C9H12O9/c10-3-1-8(12)17-9(13)5-7(18-15)6(11)2-4-16-14/h1-6,9-11,13-15H/b3-1+,4-2+,7-5+. The minimum atomic E-state index is -1.84. The van der Waals surface area contributed by atoms with Gasteiger partial charge >= 0.3 is 5.97 Å². The third-order valence-corrected chi connectivity index (χ3v) is 1.47. The predicted molar refractivity (Wildman–Crippen MR) is 54.5 cm³/mol. The van der Waals surface area contributed by atoms with E-state index in [0.717, 1.165) is 6.08 Å². The van der Waals surface area contributed by atoms with Gasteiger partial charge in [-0.15, -0.1) is 0 Å². The molecule has 0 radical (unpaired) electrons. The molecule has 0 spiro atoms. The van der Waals surface area contributed by atoms with Crippen LogP contribution in [0.3, 0.4) is 0 Å². The van der Waals surface area contributed by atoms with E-state index >= 15 is 0 Å². The van der Waals surface area contributed by atoms with Gasteiger partial charge in [0.15, 0.2) is 5.76 Å². The van der Waals surface area contributed by atoms with E-state index in [2.05, 4.69) is 14.5 Å². The lowest BCUT2D eigenvalue weighted by molar-refractivity contribution is -0.216. The summed E-state index contributed by atoms with van der Waals surface area (Å²) in [6.07, 6.45) is -0.201. The first-order valence-electron chi connectivity index (χ1n) is 4.42. The molecule has 0 heterocycles. The molecule has 9 heteroatoms. The van der Waals surface area contributed by atoms with Gasteiger partial charge in [0.25, 0.3) is 0 Å². The van der Waals surface area contributed by atoms with Crippen LogP contribution in [0.4, 0.5) is 0 Å². The highest BCUT2D eigenvalue weighted by atomic mass is 17.1. The van der Waals surface area contributed by atoms with Crippen LogP contribution in [0.25, 0.3) is 0 Å². The molecule has 0 aliphatic rings. The smallest absolute Gasteiger partial charge is 0.336 e. The highest BCUT2D eigenvalue weighted by Gasteiger charge is 2.14. The molecule has 18 heavy (non-hydrogen) atoms. The predicted octanol–water partition coefficient (Wildman–Crippen LogP) is -0.343. The molecule has 0 aromatic heterocycles. The van der Waals surface area contributed by atoms with Crippen LogP contribution in [0.5, 0.6) is 0 Å². The highest BCUT2D eigenvalue weighted by Crippen LogP contribution is 2.07. The molecular weight excluding hydrogens is 252 g/mol. The monoisotopic (exact) mass is 264 g/mol. The van der Waals surface area contributed by atoms with Crippen LogP contribution >= 0.6 is 0 Å². The van der Waals surface area contributed by atoms with E-state index in [-0.39, 0.29) is 0 Å². The van der Waals surface area contributed by atoms with Crippen LogP contribution in [-0.4, -0.2) is 44.2 Å². The van der Waals surface area contributed by atoms with Crippen molar-refractivity contribution < 1.29 is 45.1 Å². The molecular formula is C9H12O9. The van der Waals surface area contributed by atoms with E-state index in [9.17, 15) is 15.0 Å². The fourth-order valence-electron chi connectivity index (χ4n) is 0.781. The Morgan fingerprint density at radius 3 is 2.39 bits per heavy atom.